The largest absolute Gasteiger partial charge is 0.444 e. The molecule has 0 saturated carbocycles. The molecule has 2 atom stereocenters. The van der Waals surface area contributed by atoms with Gasteiger partial charge in [-0.25, -0.2) is 4.79 Å². The zero-order chi connectivity index (χ0) is 11.8. The van der Waals surface area contributed by atoms with Gasteiger partial charge in [0.05, 0.1) is 0 Å². The highest BCUT2D eigenvalue weighted by molar-refractivity contribution is 5.85. The smallest absolute Gasteiger partial charge is 0.410 e. The predicted molar refractivity (Wildman–Crippen MR) is 69.5 cm³/mol. The third kappa shape index (κ3) is 3.75. The fourth-order valence-electron chi connectivity index (χ4n) is 2.53. The molecular weight excluding hydrogens is 240 g/mol. The Morgan fingerprint density at radius 1 is 1.29 bits per heavy atom. The van der Waals surface area contributed by atoms with E-state index in [-0.39, 0.29) is 24.1 Å². The Morgan fingerprint density at radius 3 is 2.59 bits per heavy atom. The highest BCUT2D eigenvalue weighted by Gasteiger charge is 2.35. The first-order valence-electron chi connectivity index (χ1n) is 6.14. The molecule has 0 bridgehead atoms. The van der Waals surface area contributed by atoms with Crippen molar-refractivity contribution in [3.8, 4) is 0 Å². The minimum absolute atomic E-state index is 0. The summed E-state index contributed by atoms with van der Waals surface area (Å²) in [5.74, 6) is 1.39. The van der Waals surface area contributed by atoms with Crippen LogP contribution in [-0.4, -0.2) is 42.8 Å². The Kier molecular flexibility index (Phi) is 4.67. The SMILES string of the molecule is CC(C)(C)OC(=O)N1CC[C@H]2CNC[C@H]2C1.Cl. The lowest BCUT2D eigenvalue weighted by Gasteiger charge is -2.35. The summed E-state index contributed by atoms with van der Waals surface area (Å²) in [5.41, 5.74) is -0.387. The van der Waals surface area contributed by atoms with Crippen LogP contribution in [0.2, 0.25) is 0 Å². The van der Waals surface area contributed by atoms with E-state index in [2.05, 4.69) is 5.32 Å². The number of ether oxygens (including phenoxy) is 1. The van der Waals surface area contributed by atoms with Crippen molar-refractivity contribution in [1.29, 1.82) is 0 Å². The molecule has 100 valence electrons. The first kappa shape index (κ1) is 14.6. The number of carbonyl (C=O) groups excluding carboxylic acids is 1. The second kappa shape index (κ2) is 5.44. The molecule has 0 aromatic rings. The molecule has 4 nitrogen and oxygen atoms in total. The number of nitrogens with one attached hydrogen (secondary N) is 1. The van der Waals surface area contributed by atoms with Crippen molar-refractivity contribution in [3.63, 3.8) is 0 Å². The Morgan fingerprint density at radius 2 is 1.94 bits per heavy atom. The molecular formula is C12H23ClN2O2. The van der Waals surface area contributed by atoms with Gasteiger partial charge in [0.15, 0.2) is 0 Å². The Bertz CT molecular complexity index is 278. The van der Waals surface area contributed by atoms with Gasteiger partial charge in [0.25, 0.3) is 0 Å². The molecule has 0 unspecified atom stereocenters. The number of halogens is 1. The monoisotopic (exact) mass is 262 g/mol. The van der Waals surface area contributed by atoms with Crippen LogP contribution in [0, 0.1) is 11.8 Å². The Hall–Kier alpha value is -0.480. The average molecular weight is 263 g/mol. The van der Waals surface area contributed by atoms with Crippen molar-refractivity contribution in [2.45, 2.75) is 32.8 Å². The summed E-state index contributed by atoms with van der Waals surface area (Å²) in [6.45, 7) is 9.60. The topological polar surface area (TPSA) is 41.6 Å². The zero-order valence-electron chi connectivity index (χ0n) is 10.9. The third-order valence-electron chi connectivity index (χ3n) is 3.36. The maximum absolute atomic E-state index is 11.9. The van der Waals surface area contributed by atoms with Crippen LogP contribution in [0.15, 0.2) is 0 Å². The number of rotatable bonds is 0. The molecule has 0 aromatic heterocycles. The fraction of sp³-hybridized carbons (Fsp3) is 0.917. The van der Waals surface area contributed by atoms with Crippen LogP contribution >= 0.6 is 12.4 Å². The molecule has 2 aliphatic heterocycles. The Balaban J connectivity index is 0.00000144. The number of hydrogen-bond acceptors (Lipinski definition) is 3. The maximum atomic E-state index is 11.9. The molecule has 5 heteroatoms. The van der Waals surface area contributed by atoms with E-state index < -0.39 is 0 Å². The molecule has 1 N–H and O–H groups in total. The molecule has 17 heavy (non-hydrogen) atoms. The minimum Gasteiger partial charge on any atom is -0.444 e. The predicted octanol–water partition coefficient (Wildman–Crippen LogP) is 1.88. The summed E-state index contributed by atoms with van der Waals surface area (Å²) < 4.78 is 5.39. The summed E-state index contributed by atoms with van der Waals surface area (Å²) in [5, 5.41) is 3.39. The van der Waals surface area contributed by atoms with Crippen molar-refractivity contribution in [2.75, 3.05) is 26.2 Å². The molecule has 2 aliphatic rings. The average Bonchev–Trinajstić information content (AvgIpc) is 2.61. The molecule has 0 radical (unpaired) electrons. The lowest BCUT2D eigenvalue weighted by atomic mass is 9.89. The zero-order valence-corrected chi connectivity index (χ0v) is 11.7. The summed E-state index contributed by atoms with van der Waals surface area (Å²) in [6.07, 6.45) is 0.953. The van der Waals surface area contributed by atoms with Crippen molar-refractivity contribution < 1.29 is 9.53 Å². The van der Waals surface area contributed by atoms with E-state index in [0.717, 1.165) is 38.5 Å². The van der Waals surface area contributed by atoms with Crippen LogP contribution in [0.3, 0.4) is 0 Å². The summed E-state index contributed by atoms with van der Waals surface area (Å²) in [6, 6.07) is 0. The molecule has 2 saturated heterocycles. The van der Waals surface area contributed by atoms with Gasteiger partial charge >= 0.3 is 6.09 Å². The molecule has 2 fully saturated rings. The highest BCUT2D eigenvalue weighted by Crippen LogP contribution is 2.27. The van der Waals surface area contributed by atoms with Gasteiger partial charge in [-0.2, -0.15) is 0 Å². The first-order valence-corrected chi connectivity index (χ1v) is 6.14. The number of fused-ring (bicyclic) bond motifs is 1. The second-order valence-electron chi connectivity index (χ2n) is 5.89. The van der Waals surface area contributed by atoms with E-state index in [1.165, 1.54) is 0 Å². The van der Waals surface area contributed by atoms with Gasteiger partial charge in [-0.05, 0) is 52.1 Å². The van der Waals surface area contributed by atoms with Crippen LogP contribution < -0.4 is 5.32 Å². The van der Waals surface area contributed by atoms with Crippen LogP contribution in [0.1, 0.15) is 27.2 Å². The lowest BCUT2D eigenvalue weighted by Crippen LogP contribution is -2.45. The number of hydrogen-bond donors (Lipinski definition) is 1. The highest BCUT2D eigenvalue weighted by atomic mass is 35.5. The van der Waals surface area contributed by atoms with Gasteiger partial charge in [-0.15, -0.1) is 12.4 Å². The van der Waals surface area contributed by atoms with E-state index in [1.54, 1.807) is 0 Å². The van der Waals surface area contributed by atoms with Gasteiger partial charge < -0.3 is 15.0 Å². The van der Waals surface area contributed by atoms with E-state index in [1.807, 2.05) is 25.7 Å². The molecule has 2 heterocycles. The van der Waals surface area contributed by atoms with Crippen LogP contribution in [0.5, 0.6) is 0 Å². The van der Waals surface area contributed by atoms with Gasteiger partial charge in [-0.3, -0.25) is 0 Å². The number of nitrogens with zero attached hydrogens (tertiary/aromatic N) is 1. The van der Waals surface area contributed by atoms with E-state index >= 15 is 0 Å². The second-order valence-corrected chi connectivity index (χ2v) is 5.89. The number of carbonyl (C=O) groups is 1. The molecule has 1 amide bonds. The molecule has 0 aliphatic carbocycles. The molecule has 2 rings (SSSR count). The number of amides is 1. The van der Waals surface area contributed by atoms with Crippen molar-refractivity contribution >= 4 is 18.5 Å². The van der Waals surface area contributed by atoms with Gasteiger partial charge in [-0.1, -0.05) is 0 Å². The lowest BCUT2D eigenvalue weighted by molar-refractivity contribution is 0.0140. The van der Waals surface area contributed by atoms with Crippen LogP contribution in [0.4, 0.5) is 4.79 Å². The van der Waals surface area contributed by atoms with Gasteiger partial charge in [0.1, 0.15) is 5.60 Å². The first-order chi connectivity index (χ1) is 7.46. The minimum atomic E-state index is -0.387. The van der Waals surface area contributed by atoms with Gasteiger partial charge in [0.2, 0.25) is 0 Å². The Labute approximate surface area is 109 Å². The van der Waals surface area contributed by atoms with Crippen LogP contribution in [0.25, 0.3) is 0 Å². The normalized spacial score (nSPS) is 28.3. The molecule has 0 spiro atoms. The van der Waals surface area contributed by atoms with Crippen molar-refractivity contribution in [2.24, 2.45) is 11.8 Å². The van der Waals surface area contributed by atoms with E-state index in [0.29, 0.717) is 5.92 Å². The van der Waals surface area contributed by atoms with E-state index in [9.17, 15) is 4.79 Å². The summed E-state index contributed by atoms with van der Waals surface area (Å²) in [4.78, 5) is 13.7. The fourth-order valence-corrected chi connectivity index (χ4v) is 2.53. The number of likely N-dealkylation sites (tertiary alicyclic amines) is 1. The summed E-state index contributed by atoms with van der Waals surface area (Å²) >= 11 is 0. The van der Waals surface area contributed by atoms with Gasteiger partial charge in [0, 0.05) is 13.1 Å². The quantitative estimate of drug-likeness (QED) is 0.725. The van der Waals surface area contributed by atoms with Crippen molar-refractivity contribution in [3.05, 3.63) is 0 Å². The standard InChI is InChI=1S/C12H22N2O2.ClH/c1-12(2,3)16-11(15)14-5-4-9-6-13-7-10(9)8-14;/h9-10,13H,4-8H2,1-3H3;1H/t9-,10-;/m0./s1. The summed E-state index contributed by atoms with van der Waals surface area (Å²) in [7, 11) is 0. The number of piperidine rings is 1. The van der Waals surface area contributed by atoms with Crippen molar-refractivity contribution in [1.82, 2.24) is 10.2 Å². The molecule has 0 aromatic carbocycles. The maximum Gasteiger partial charge on any atom is 0.410 e. The third-order valence-corrected chi connectivity index (χ3v) is 3.36. The van der Waals surface area contributed by atoms with Crippen LogP contribution in [-0.2, 0) is 4.74 Å². The van der Waals surface area contributed by atoms with E-state index in [4.69, 9.17) is 4.74 Å².